The maximum atomic E-state index is 14.1. The van der Waals surface area contributed by atoms with Crippen molar-refractivity contribution in [2.75, 3.05) is 0 Å². The zero-order valence-corrected chi connectivity index (χ0v) is 16.1. The molecule has 1 atom stereocenters. The van der Waals surface area contributed by atoms with Crippen LogP contribution in [0.25, 0.3) is 0 Å². The van der Waals surface area contributed by atoms with E-state index in [-0.39, 0.29) is 6.04 Å². The molecule has 26 heavy (non-hydrogen) atoms. The molecule has 0 aliphatic carbocycles. The van der Waals surface area contributed by atoms with E-state index in [1.807, 2.05) is 66.7 Å². The highest BCUT2D eigenvalue weighted by Gasteiger charge is 2.29. The Morgan fingerprint density at radius 2 is 1.23 bits per heavy atom. The number of rotatable bonds is 8. The van der Waals surface area contributed by atoms with Crippen LogP contribution in [0.4, 0.5) is 0 Å². The molecule has 0 radical (unpaired) electrons. The molecule has 134 valence electrons. The molecule has 0 saturated heterocycles. The summed E-state index contributed by atoms with van der Waals surface area (Å²) < 4.78 is 14.1. The van der Waals surface area contributed by atoms with Gasteiger partial charge in [-0.1, -0.05) is 73.7 Å². The van der Waals surface area contributed by atoms with Crippen LogP contribution in [-0.4, -0.2) is 6.04 Å². The Balaban J connectivity index is 1.84. The average Bonchev–Trinajstić information content (AvgIpc) is 2.73. The first-order chi connectivity index (χ1) is 12.7. The summed E-state index contributed by atoms with van der Waals surface area (Å²) in [5.74, 6) is 0. The van der Waals surface area contributed by atoms with E-state index in [9.17, 15) is 4.57 Å². The molecule has 0 aromatic heterocycles. The van der Waals surface area contributed by atoms with Crippen LogP contribution in [0.3, 0.4) is 0 Å². The van der Waals surface area contributed by atoms with Crippen molar-refractivity contribution < 1.29 is 4.57 Å². The van der Waals surface area contributed by atoms with Gasteiger partial charge in [0.25, 0.3) is 0 Å². The van der Waals surface area contributed by atoms with Crippen LogP contribution in [0.5, 0.6) is 0 Å². The number of nitrogens with one attached hydrogen (secondary N) is 1. The molecule has 0 saturated carbocycles. The predicted octanol–water partition coefficient (Wildman–Crippen LogP) is 4.92. The Morgan fingerprint density at radius 1 is 0.769 bits per heavy atom. The molecule has 3 aromatic rings. The third-order valence-electron chi connectivity index (χ3n) is 4.72. The largest absolute Gasteiger partial charge is 0.297 e. The minimum atomic E-state index is -2.87. The van der Waals surface area contributed by atoms with Gasteiger partial charge in [-0.15, -0.1) is 0 Å². The van der Waals surface area contributed by atoms with Crippen molar-refractivity contribution in [1.82, 2.24) is 5.09 Å². The molecule has 0 amide bonds. The molecule has 3 rings (SSSR count). The van der Waals surface area contributed by atoms with E-state index in [1.54, 1.807) is 0 Å². The van der Waals surface area contributed by atoms with Gasteiger partial charge in [0.15, 0.2) is 0 Å². The van der Waals surface area contributed by atoms with Crippen molar-refractivity contribution >= 4 is 17.9 Å². The standard InChI is InChI=1S/C23H26NOP/c1-2-21(19-18-20-12-6-3-7-13-20)24-26(25,22-14-8-4-9-15-22)23-16-10-5-11-17-23/h3-17,21H,2,18-19H2,1H3,(H,24,25)/t21-/m1/s1. The Kier molecular flexibility index (Phi) is 6.44. The molecule has 0 aliphatic rings. The third-order valence-corrected chi connectivity index (χ3v) is 7.50. The molecule has 0 spiro atoms. The van der Waals surface area contributed by atoms with Gasteiger partial charge in [0.05, 0.1) is 0 Å². The number of hydrogen-bond donors (Lipinski definition) is 1. The van der Waals surface area contributed by atoms with E-state index < -0.39 is 7.29 Å². The minimum Gasteiger partial charge on any atom is -0.297 e. The fourth-order valence-corrected chi connectivity index (χ4v) is 5.78. The van der Waals surface area contributed by atoms with Gasteiger partial charge < -0.3 is 0 Å². The molecule has 0 bridgehead atoms. The van der Waals surface area contributed by atoms with Gasteiger partial charge in [-0.25, -0.2) is 0 Å². The van der Waals surface area contributed by atoms with Crippen LogP contribution in [0, 0.1) is 0 Å². The first-order valence-electron chi connectivity index (χ1n) is 9.25. The number of hydrogen-bond acceptors (Lipinski definition) is 1. The maximum absolute atomic E-state index is 14.1. The first-order valence-corrected chi connectivity index (χ1v) is 11.0. The van der Waals surface area contributed by atoms with Crippen LogP contribution in [0.15, 0.2) is 91.0 Å². The monoisotopic (exact) mass is 363 g/mol. The van der Waals surface area contributed by atoms with E-state index in [2.05, 4.69) is 36.3 Å². The van der Waals surface area contributed by atoms with E-state index in [0.29, 0.717) is 0 Å². The van der Waals surface area contributed by atoms with Crippen molar-refractivity contribution in [3.63, 3.8) is 0 Å². The maximum Gasteiger partial charge on any atom is 0.204 e. The lowest BCUT2D eigenvalue weighted by molar-refractivity contribution is 0.524. The second kappa shape index (κ2) is 8.98. The molecule has 0 fully saturated rings. The summed E-state index contributed by atoms with van der Waals surface area (Å²) >= 11 is 0. The average molecular weight is 363 g/mol. The number of aryl methyl sites for hydroxylation is 1. The van der Waals surface area contributed by atoms with Crippen LogP contribution >= 0.6 is 7.29 Å². The Bertz CT molecular complexity index is 790. The van der Waals surface area contributed by atoms with Gasteiger partial charge in [-0.05, 0) is 49.1 Å². The molecule has 0 heterocycles. The lowest BCUT2D eigenvalue weighted by atomic mass is 10.0. The predicted molar refractivity (Wildman–Crippen MR) is 112 cm³/mol. The summed E-state index contributed by atoms with van der Waals surface area (Å²) in [5.41, 5.74) is 1.32. The van der Waals surface area contributed by atoms with Gasteiger partial charge in [-0.3, -0.25) is 9.65 Å². The normalized spacial score (nSPS) is 12.7. The quantitative estimate of drug-likeness (QED) is 0.576. The fourth-order valence-electron chi connectivity index (χ4n) is 3.18. The second-order valence-corrected chi connectivity index (χ2v) is 9.05. The Hall–Kier alpha value is -2.15. The van der Waals surface area contributed by atoms with Gasteiger partial charge in [0.2, 0.25) is 7.29 Å². The first kappa shape index (κ1) is 18.6. The highest BCUT2D eigenvalue weighted by atomic mass is 31.2. The summed E-state index contributed by atoms with van der Waals surface area (Å²) in [6, 6.07) is 30.3. The highest BCUT2D eigenvalue weighted by molar-refractivity contribution is 7.76. The zero-order chi connectivity index (χ0) is 18.2. The van der Waals surface area contributed by atoms with Crippen LogP contribution in [0.1, 0.15) is 25.3 Å². The Morgan fingerprint density at radius 3 is 1.69 bits per heavy atom. The third kappa shape index (κ3) is 4.52. The summed E-state index contributed by atoms with van der Waals surface area (Å²) in [7, 11) is -2.87. The van der Waals surface area contributed by atoms with Crippen molar-refractivity contribution in [2.45, 2.75) is 32.2 Å². The minimum absolute atomic E-state index is 0.196. The number of benzene rings is 3. The van der Waals surface area contributed by atoms with Gasteiger partial charge >= 0.3 is 0 Å². The van der Waals surface area contributed by atoms with Crippen molar-refractivity contribution in [3.05, 3.63) is 96.6 Å². The van der Waals surface area contributed by atoms with Gasteiger partial charge in [0.1, 0.15) is 0 Å². The molecular formula is C23H26NOP. The summed E-state index contributed by atoms with van der Waals surface area (Å²) in [4.78, 5) is 0. The van der Waals surface area contributed by atoms with Crippen molar-refractivity contribution in [2.24, 2.45) is 0 Å². The topological polar surface area (TPSA) is 29.1 Å². The lowest BCUT2D eigenvalue weighted by Gasteiger charge is -2.26. The molecular weight excluding hydrogens is 337 g/mol. The van der Waals surface area contributed by atoms with Gasteiger partial charge in [-0.2, -0.15) is 0 Å². The van der Waals surface area contributed by atoms with Crippen molar-refractivity contribution in [3.8, 4) is 0 Å². The van der Waals surface area contributed by atoms with Crippen molar-refractivity contribution in [1.29, 1.82) is 0 Å². The second-order valence-electron chi connectivity index (χ2n) is 6.54. The summed E-state index contributed by atoms with van der Waals surface area (Å²) in [6.45, 7) is 2.16. The van der Waals surface area contributed by atoms with Crippen LogP contribution in [-0.2, 0) is 11.0 Å². The van der Waals surface area contributed by atoms with E-state index in [4.69, 9.17) is 0 Å². The van der Waals surface area contributed by atoms with E-state index in [1.165, 1.54) is 5.56 Å². The molecule has 3 heteroatoms. The highest BCUT2D eigenvalue weighted by Crippen LogP contribution is 2.40. The Labute approximate surface area is 156 Å². The van der Waals surface area contributed by atoms with Crippen LogP contribution in [0.2, 0.25) is 0 Å². The summed E-state index contributed by atoms with van der Waals surface area (Å²) in [5, 5.41) is 5.27. The smallest absolute Gasteiger partial charge is 0.204 e. The van der Waals surface area contributed by atoms with E-state index >= 15 is 0 Å². The molecule has 2 nitrogen and oxygen atoms in total. The molecule has 3 aromatic carbocycles. The van der Waals surface area contributed by atoms with Gasteiger partial charge in [0, 0.05) is 16.7 Å². The van der Waals surface area contributed by atoms with E-state index in [0.717, 1.165) is 29.9 Å². The fraction of sp³-hybridized carbons (Fsp3) is 0.217. The molecule has 0 aliphatic heterocycles. The summed E-state index contributed by atoms with van der Waals surface area (Å²) in [6.07, 6.45) is 2.89. The molecule has 0 unspecified atom stereocenters. The van der Waals surface area contributed by atoms with Crippen LogP contribution < -0.4 is 15.7 Å². The zero-order valence-electron chi connectivity index (χ0n) is 15.2. The SMILES string of the molecule is CC[C@H](CCc1ccccc1)NP(=O)(c1ccccc1)c1ccccc1. The lowest BCUT2D eigenvalue weighted by Crippen LogP contribution is -2.35. The molecule has 1 N–H and O–H groups in total.